The maximum Gasteiger partial charge on any atom is 0.277 e. The van der Waals surface area contributed by atoms with Gasteiger partial charge in [0.1, 0.15) is 11.5 Å². The molecule has 1 aromatic carbocycles. The van der Waals surface area contributed by atoms with E-state index in [4.69, 9.17) is 13.9 Å². The molecule has 0 fully saturated rings. The number of methoxy groups -OCH3 is 1. The van der Waals surface area contributed by atoms with Crippen LogP contribution in [0, 0.1) is 6.92 Å². The molecule has 0 unspecified atom stereocenters. The first-order valence-corrected chi connectivity index (χ1v) is 8.12. The highest BCUT2D eigenvalue weighted by Crippen LogP contribution is 2.38. The Morgan fingerprint density at radius 3 is 2.83 bits per heavy atom. The smallest absolute Gasteiger partial charge is 0.277 e. The van der Waals surface area contributed by atoms with Crippen molar-refractivity contribution in [3.05, 3.63) is 44.7 Å². The zero-order valence-corrected chi connectivity index (χ0v) is 15.6. The standard InChI is InChI=1S/C15H14Br2N2O4/c1-9-3-4-11(23-9)7-18-19-14(20)8-22-15-12(17)5-10(16)6-13(15)21-2/h3-7H,8H2,1-2H3,(H,19,20). The summed E-state index contributed by atoms with van der Waals surface area (Å²) in [5.74, 6) is 1.88. The summed E-state index contributed by atoms with van der Waals surface area (Å²) < 4.78 is 17.5. The van der Waals surface area contributed by atoms with Crippen LogP contribution in [0.1, 0.15) is 11.5 Å². The largest absolute Gasteiger partial charge is 0.493 e. The van der Waals surface area contributed by atoms with Crippen LogP contribution in [0.15, 0.2) is 42.7 Å². The lowest BCUT2D eigenvalue weighted by molar-refractivity contribution is -0.123. The van der Waals surface area contributed by atoms with Crippen molar-refractivity contribution in [2.45, 2.75) is 6.92 Å². The minimum atomic E-state index is -0.401. The molecular weight excluding hydrogens is 432 g/mol. The van der Waals surface area contributed by atoms with Gasteiger partial charge >= 0.3 is 0 Å². The summed E-state index contributed by atoms with van der Waals surface area (Å²) in [7, 11) is 1.52. The van der Waals surface area contributed by atoms with E-state index in [0.717, 1.165) is 10.2 Å². The Balaban J connectivity index is 1.91. The van der Waals surface area contributed by atoms with E-state index in [0.29, 0.717) is 21.7 Å². The third kappa shape index (κ3) is 5.11. The molecule has 0 saturated heterocycles. The second-order valence-corrected chi connectivity index (χ2v) is 6.22. The molecule has 23 heavy (non-hydrogen) atoms. The van der Waals surface area contributed by atoms with Crippen LogP contribution in [0.2, 0.25) is 0 Å². The minimum absolute atomic E-state index is 0.203. The number of rotatable bonds is 6. The molecule has 0 bridgehead atoms. The molecule has 6 nitrogen and oxygen atoms in total. The lowest BCUT2D eigenvalue weighted by Gasteiger charge is -2.12. The van der Waals surface area contributed by atoms with Gasteiger partial charge in [-0.25, -0.2) is 5.43 Å². The fourth-order valence-electron chi connectivity index (χ4n) is 1.69. The molecule has 1 amide bonds. The molecule has 0 aliphatic carbocycles. The number of furan rings is 1. The third-order valence-corrected chi connectivity index (χ3v) is 3.73. The van der Waals surface area contributed by atoms with Crippen molar-refractivity contribution in [3.63, 3.8) is 0 Å². The number of nitrogens with one attached hydrogen (secondary N) is 1. The van der Waals surface area contributed by atoms with Gasteiger partial charge < -0.3 is 13.9 Å². The molecule has 1 aromatic heterocycles. The van der Waals surface area contributed by atoms with E-state index < -0.39 is 5.91 Å². The van der Waals surface area contributed by atoms with Crippen LogP contribution in [0.25, 0.3) is 0 Å². The molecule has 8 heteroatoms. The summed E-state index contributed by atoms with van der Waals surface area (Å²) >= 11 is 6.72. The molecule has 0 radical (unpaired) electrons. The molecule has 0 aliphatic rings. The number of aryl methyl sites for hydroxylation is 1. The Morgan fingerprint density at radius 1 is 1.39 bits per heavy atom. The van der Waals surface area contributed by atoms with E-state index in [1.165, 1.54) is 13.3 Å². The summed E-state index contributed by atoms with van der Waals surface area (Å²) in [4.78, 5) is 11.7. The normalized spacial score (nSPS) is 10.8. The maximum absolute atomic E-state index is 11.7. The number of ether oxygens (including phenoxy) is 2. The van der Waals surface area contributed by atoms with Crippen molar-refractivity contribution in [1.29, 1.82) is 0 Å². The van der Waals surface area contributed by atoms with Crippen molar-refractivity contribution in [3.8, 4) is 11.5 Å². The fourth-order valence-corrected chi connectivity index (χ4v) is 2.99. The third-order valence-electron chi connectivity index (χ3n) is 2.68. The van der Waals surface area contributed by atoms with Gasteiger partial charge in [-0.1, -0.05) is 15.9 Å². The molecule has 2 rings (SSSR count). The van der Waals surface area contributed by atoms with Crippen molar-refractivity contribution in [1.82, 2.24) is 5.43 Å². The number of amides is 1. The van der Waals surface area contributed by atoms with Crippen LogP contribution in [-0.2, 0) is 4.79 Å². The van der Waals surface area contributed by atoms with E-state index in [2.05, 4.69) is 42.4 Å². The van der Waals surface area contributed by atoms with Gasteiger partial charge in [0, 0.05) is 4.47 Å². The van der Waals surface area contributed by atoms with Gasteiger partial charge in [-0.2, -0.15) is 5.10 Å². The molecule has 1 heterocycles. The van der Waals surface area contributed by atoms with Crippen molar-refractivity contribution in [2.24, 2.45) is 5.10 Å². The Kier molecular flexibility index (Phi) is 6.23. The number of hydrazone groups is 1. The molecule has 2 aromatic rings. The summed E-state index contributed by atoms with van der Waals surface area (Å²) in [6.45, 7) is 1.62. The molecule has 0 atom stereocenters. The van der Waals surface area contributed by atoms with Gasteiger partial charge in [0.05, 0.1) is 17.8 Å². The first kappa shape index (κ1) is 17.6. The van der Waals surface area contributed by atoms with Gasteiger partial charge in [-0.3, -0.25) is 4.79 Å². The second-order valence-electron chi connectivity index (χ2n) is 4.45. The summed E-state index contributed by atoms with van der Waals surface area (Å²) in [5, 5.41) is 3.80. The van der Waals surface area contributed by atoms with Crippen LogP contribution in [-0.4, -0.2) is 25.8 Å². The monoisotopic (exact) mass is 444 g/mol. The van der Waals surface area contributed by atoms with Crippen molar-refractivity contribution < 1.29 is 18.7 Å². The summed E-state index contributed by atoms with van der Waals surface area (Å²) in [6, 6.07) is 7.11. The molecule has 1 N–H and O–H groups in total. The van der Waals surface area contributed by atoms with Gasteiger partial charge in [-0.15, -0.1) is 0 Å². The predicted octanol–water partition coefficient (Wildman–Crippen LogP) is 3.65. The Bertz CT molecular complexity index is 728. The van der Waals surface area contributed by atoms with Crippen LogP contribution >= 0.6 is 31.9 Å². The van der Waals surface area contributed by atoms with Crippen molar-refractivity contribution in [2.75, 3.05) is 13.7 Å². The van der Waals surface area contributed by atoms with Crippen LogP contribution < -0.4 is 14.9 Å². The number of nitrogens with zero attached hydrogens (tertiary/aromatic N) is 1. The minimum Gasteiger partial charge on any atom is -0.493 e. The highest BCUT2D eigenvalue weighted by atomic mass is 79.9. The number of carbonyl (C=O) groups excluding carboxylic acids is 1. The zero-order chi connectivity index (χ0) is 16.8. The Morgan fingerprint density at radius 2 is 2.17 bits per heavy atom. The van der Waals surface area contributed by atoms with Gasteiger partial charge in [0.2, 0.25) is 0 Å². The van der Waals surface area contributed by atoms with E-state index in [9.17, 15) is 4.79 Å². The number of halogens is 2. The lowest BCUT2D eigenvalue weighted by Crippen LogP contribution is -2.24. The highest BCUT2D eigenvalue weighted by molar-refractivity contribution is 9.11. The SMILES string of the molecule is COc1cc(Br)cc(Br)c1OCC(=O)NN=Cc1ccc(C)o1. The van der Waals surface area contributed by atoms with Crippen molar-refractivity contribution >= 4 is 44.0 Å². The Labute approximate surface area is 150 Å². The maximum atomic E-state index is 11.7. The highest BCUT2D eigenvalue weighted by Gasteiger charge is 2.12. The Hall–Kier alpha value is -1.80. The van der Waals surface area contributed by atoms with Crippen LogP contribution in [0.5, 0.6) is 11.5 Å². The molecule has 122 valence electrons. The van der Waals surface area contributed by atoms with E-state index in [-0.39, 0.29) is 6.61 Å². The van der Waals surface area contributed by atoms with Gasteiger partial charge in [0.25, 0.3) is 5.91 Å². The molecule has 0 aliphatic heterocycles. The van der Waals surface area contributed by atoms with E-state index in [1.807, 2.05) is 13.0 Å². The topological polar surface area (TPSA) is 73.1 Å². The van der Waals surface area contributed by atoms with Gasteiger partial charge in [-0.05, 0) is 47.1 Å². The number of benzene rings is 1. The summed E-state index contributed by atoms with van der Waals surface area (Å²) in [6.07, 6.45) is 1.42. The average Bonchev–Trinajstić information content (AvgIpc) is 2.91. The van der Waals surface area contributed by atoms with E-state index in [1.54, 1.807) is 18.2 Å². The van der Waals surface area contributed by atoms with E-state index >= 15 is 0 Å². The summed E-state index contributed by atoms with van der Waals surface area (Å²) in [5.41, 5.74) is 2.36. The van der Waals surface area contributed by atoms with Crippen LogP contribution in [0.4, 0.5) is 0 Å². The number of carbonyl (C=O) groups is 1. The number of hydrogen-bond donors (Lipinski definition) is 1. The number of hydrogen-bond acceptors (Lipinski definition) is 5. The van der Waals surface area contributed by atoms with Gasteiger partial charge in [0.15, 0.2) is 18.1 Å². The molecular formula is C15H14Br2N2O4. The first-order chi connectivity index (χ1) is 11.0. The molecule has 0 saturated carbocycles. The van der Waals surface area contributed by atoms with Crippen LogP contribution in [0.3, 0.4) is 0 Å². The zero-order valence-electron chi connectivity index (χ0n) is 12.4. The first-order valence-electron chi connectivity index (χ1n) is 6.53. The average molecular weight is 446 g/mol. The fraction of sp³-hybridized carbons (Fsp3) is 0.200. The molecule has 0 spiro atoms. The predicted molar refractivity (Wildman–Crippen MR) is 93.1 cm³/mol. The quantitative estimate of drug-likeness (QED) is 0.544. The second kappa shape index (κ2) is 8.16. The lowest BCUT2D eigenvalue weighted by atomic mass is 10.3.